The van der Waals surface area contributed by atoms with Crippen LogP contribution in [-0.4, -0.2) is 25.8 Å². The molecule has 0 radical (unpaired) electrons. The summed E-state index contributed by atoms with van der Waals surface area (Å²) in [6, 6.07) is 16.8. The van der Waals surface area contributed by atoms with Crippen molar-refractivity contribution in [2.24, 2.45) is 0 Å². The molecule has 1 unspecified atom stereocenters. The summed E-state index contributed by atoms with van der Waals surface area (Å²) in [5.74, 6) is 0. The summed E-state index contributed by atoms with van der Waals surface area (Å²) < 4.78 is 26.7. The Balaban J connectivity index is 2.17. The van der Waals surface area contributed by atoms with Gasteiger partial charge in [0.15, 0.2) is 0 Å². The van der Waals surface area contributed by atoms with Gasteiger partial charge in [0.1, 0.15) is 0 Å². The largest absolute Gasteiger partial charge is 0.243 e. The van der Waals surface area contributed by atoms with E-state index in [1.54, 1.807) is 19.2 Å². The third kappa shape index (κ3) is 3.71. The summed E-state index contributed by atoms with van der Waals surface area (Å²) in [6.07, 6.45) is 0.697. The Morgan fingerprint density at radius 1 is 1.00 bits per heavy atom. The highest BCUT2D eigenvalue weighted by molar-refractivity contribution is 7.89. The van der Waals surface area contributed by atoms with Crippen LogP contribution in [0.2, 0.25) is 0 Å². The predicted octanol–water partition coefficient (Wildman–Crippen LogP) is 3.25. The zero-order valence-corrected chi connectivity index (χ0v) is 13.5. The second kappa shape index (κ2) is 6.41. The van der Waals surface area contributed by atoms with Crippen molar-refractivity contribution in [3.8, 4) is 0 Å². The van der Waals surface area contributed by atoms with Gasteiger partial charge in [0.05, 0.1) is 4.90 Å². The number of hydrogen-bond donors (Lipinski definition) is 0. The molecule has 0 spiro atoms. The first-order valence-electron chi connectivity index (χ1n) is 7.00. The number of likely N-dealkylation sites (N-methyl/N-ethyl adjacent to an activating group) is 1. The van der Waals surface area contributed by atoms with Gasteiger partial charge in [-0.1, -0.05) is 48.0 Å². The standard InChI is InChI=1S/C17H21NO2S/c1-14-9-11-17(12-10-14)21(19,20)18(3)15(2)13-16-7-5-4-6-8-16/h4-12,15H,13H2,1-3H3. The van der Waals surface area contributed by atoms with Crippen LogP contribution in [0.15, 0.2) is 59.5 Å². The molecule has 0 saturated carbocycles. The lowest BCUT2D eigenvalue weighted by Gasteiger charge is -2.24. The van der Waals surface area contributed by atoms with Crippen molar-refractivity contribution in [1.82, 2.24) is 4.31 Å². The SMILES string of the molecule is Cc1ccc(S(=O)(=O)N(C)C(C)Cc2ccccc2)cc1. The summed E-state index contributed by atoms with van der Waals surface area (Å²) in [6.45, 7) is 3.87. The topological polar surface area (TPSA) is 37.4 Å². The summed E-state index contributed by atoms with van der Waals surface area (Å²) in [4.78, 5) is 0.343. The molecule has 21 heavy (non-hydrogen) atoms. The van der Waals surface area contributed by atoms with Crippen molar-refractivity contribution < 1.29 is 8.42 Å². The molecule has 0 aliphatic carbocycles. The number of benzene rings is 2. The molecule has 112 valence electrons. The van der Waals surface area contributed by atoms with Gasteiger partial charge in [0.25, 0.3) is 0 Å². The van der Waals surface area contributed by atoms with E-state index in [1.165, 1.54) is 4.31 Å². The van der Waals surface area contributed by atoms with Gasteiger partial charge in [0, 0.05) is 13.1 Å². The molecule has 2 aromatic carbocycles. The second-order valence-corrected chi connectivity index (χ2v) is 7.37. The third-order valence-corrected chi connectivity index (χ3v) is 5.68. The fourth-order valence-electron chi connectivity index (χ4n) is 2.20. The maximum atomic E-state index is 12.6. The van der Waals surface area contributed by atoms with E-state index < -0.39 is 10.0 Å². The Kier molecular flexibility index (Phi) is 4.80. The minimum absolute atomic E-state index is 0.0984. The molecule has 0 saturated heterocycles. The van der Waals surface area contributed by atoms with Crippen molar-refractivity contribution >= 4 is 10.0 Å². The first-order valence-corrected chi connectivity index (χ1v) is 8.44. The van der Waals surface area contributed by atoms with Gasteiger partial charge >= 0.3 is 0 Å². The molecule has 0 N–H and O–H groups in total. The molecule has 2 rings (SSSR count). The van der Waals surface area contributed by atoms with Gasteiger partial charge in [-0.3, -0.25) is 0 Å². The minimum Gasteiger partial charge on any atom is -0.207 e. The molecule has 0 amide bonds. The van der Waals surface area contributed by atoms with Crippen molar-refractivity contribution in [3.05, 3.63) is 65.7 Å². The van der Waals surface area contributed by atoms with Gasteiger partial charge < -0.3 is 0 Å². The van der Waals surface area contributed by atoms with E-state index >= 15 is 0 Å². The quantitative estimate of drug-likeness (QED) is 0.850. The van der Waals surface area contributed by atoms with Gasteiger partial charge in [-0.15, -0.1) is 0 Å². The molecule has 0 bridgehead atoms. The fourth-order valence-corrected chi connectivity index (χ4v) is 3.56. The van der Waals surface area contributed by atoms with Crippen molar-refractivity contribution in [3.63, 3.8) is 0 Å². The van der Waals surface area contributed by atoms with E-state index in [0.29, 0.717) is 11.3 Å². The second-order valence-electron chi connectivity index (χ2n) is 5.37. The predicted molar refractivity (Wildman–Crippen MR) is 85.7 cm³/mol. The van der Waals surface area contributed by atoms with Crippen LogP contribution in [0.3, 0.4) is 0 Å². The van der Waals surface area contributed by atoms with Crippen LogP contribution in [0.5, 0.6) is 0 Å². The van der Waals surface area contributed by atoms with E-state index in [-0.39, 0.29) is 6.04 Å². The molecule has 0 fully saturated rings. The van der Waals surface area contributed by atoms with Crippen LogP contribution in [0, 0.1) is 6.92 Å². The molecule has 1 atom stereocenters. The molecule has 0 aliphatic rings. The third-order valence-electron chi connectivity index (χ3n) is 3.69. The summed E-state index contributed by atoms with van der Waals surface area (Å²) in [7, 11) is -1.80. The summed E-state index contributed by atoms with van der Waals surface area (Å²) >= 11 is 0. The van der Waals surface area contributed by atoms with Crippen LogP contribution in [-0.2, 0) is 16.4 Å². The Hall–Kier alpha value is -1.65. The average Bonchev–Trinajstić information content (AvgIpc) is 2.48. The van der Waals surface area contributed by atoms with Gasteiger partial charge in [0.2, 0.25) is 10.0 Å². The monoisotopic (exact) mass is 303 g/mol. The minimum atomic E-state index is -3.44. The lowest BCUT2D eigenvalue weighted by Crippen LogP contribution is -2.36. The summed E-state index contributed by atoms with van der Waals surface area (Å²) in [5.41, 5.74) is 2.19. The Morgan fingerprint density at radius 2 is 1.57 bits per heavy atom. The zero-order valence-electron chi connectivity index (χ0n) is 12.7. The number of hydrogen-bond acceptors (Lipinski definition) is 2. The van der Waals surface area contributed by atoms with Gasteiger partial charge in [-0.2, -0.15) is 4.31 Å². The molecule has 0 heterocycles. The van der Waals surface area contributed by atoms with Crippen molar-refractivity contribution in [1.29, 1.82) is 0 Å². The number of nitrogens with zero attached hydrogens (tertiary/aromatic N) is 1. The van der Waals surface area contributed by atoms with E-state index in [4.69, 9.17) is 0 Å². The van der Waals surface area contributed by atoms with Crippen molar-refractivity contribution in [2.45, 2.75) is 31.2 Å². The summed E-state index contributed by atoms with van der Waals surface area (Å²) in [5, 5.41) is 0. The smallest absolute Gasteiger partial charge is 0.207 e. The van der Waals surface area contributed by atoms with Crippen LogP contribution in [0.4, 0.5) is 0 Å². The van der Waals surface area contributed by atoms with Gasteiger partial charge in [-0.25, -0.2) is 8.42 Å². The van der Waals surface area contributed by atoms with Crippen LogP contribution < -0.4 is 0 Å². The molecule has 0 aliphatic heterocycles. The molecular formula is C17H21NO2S. The molecule has 3 nitrogen and oxygen atoms in total. The fraction of sp³-hybridized carbons (Fsp3) is 0.294. The maximum Gasteiger partial charge on any atom is 0.243 e. The normalized spacial score (nSPS) is 13.3. The number of sulfonamides is 1. The van der Waals surface area contributed by atoms with Crippen molar-refractivity contribution in [2.75, 3.05) is 7.05 Å². The highest BCUT2D eigenvalue weighted by Gasteiger charge is 2.25. The Morgan fingerprint density at radius 3 is 2.14 bits per heavy atom. The average molecular weight is 303 g/mol. The van der Waals surface area contributed by atoms with E-state index in [0.717, 1.165) is 11.1 Å². The van der Waals surface area contributed by atoms with E-state index in [9.17, 15) is 8.42 Å². The van der Waals surface area contributed by atoms with Crippen LogP contribution >= 0.6 is 0 Å². The van der Waals surface area contributed by atoms with Crippen LogP contribution in [0.1, 0.15) is 18.1 Å². The maximum absolute atomic E-state index is 12.6. The molecule has 0 aromatic heterocycles. The highest BCUT2D eigenvalue weighted by Crippen LogP contribution is 2.19. The highest BCUT2D eigenvalue weighted by atomic mass is 32.2. The zero-order chi connectivity index (χ0) is 15.5. The lowest BCUT2D eigenvalue weighted by atomic mass is 10.1. The molecule has 2 aromatic rings. The number of aryl methyl sites for hydroxylation is 1. The first kappa shape index (κ1) is 15.7. The Labute approximate surface area is 127 Å². The number of rotatable bonds is 5. The lowest BCUT2D eigenvalue weighted by molar-refractivity contribution is 0.387. The first-order chi connectivity index (χ1) is 9.91. The van der Waals surface area contributed by atoms with E-state index in [2.05, 4.69) is 0 Å². The Bertz CT molecular complexity index is 678. The molecular weight excluding hydrogens is 282 g/mol. The van der Waals surface area contributed by atoms with Crippen LogP contribution in [0.25, 0.3) is 0 Å². The molecule has 4 heteroatoms. The van der Waals surface area contributed by atoms with E-state index in [1.807, 2.05) is 56.3 Å². The van der Waals surface area contributed by atoms with Gasteiger partial charge in [-0.05, 0) is 38.0 Å².